The SMILES string of the molecule is COC(=O)c1c(C)nn2c1CN(Cc1ccc(C)cc1)CC2. The zero-order valence-electron chi connectivity index (χ0n) is 13.3. The molecule has 0 saturated heterocycles. The predicted octanol–water partition coefficient (Wildman–Crippen LogP) is 2.30. The molecule has 1 aromatic heterocycles. The van der Waals surface area contributed by atoms with Crippen LogP contribution in [0.4, 0.5) is 0 Å². The highest BCUT2D eigenvalue weighted by Gasteiger charge is 2.26. The van der Waals surface area contributed by atoms with Crippen molar-refractivity contribution in [3.63, 3.8) is 0 Å². The van der Waals surface area contributed by atoms with E-state index in [4.69, 9.17) is 4.74 Å². The van der Waals surface area contributed by atoms with Gasteiger partial charge in [0.25, 0.3) is 0 Å². The summed E-state index contributed by atoms with van der Waals surface area (Å²) < 4.78 is 6.84. The average molecular weight is 299 g/mol. The Morgan fingerprint density at radius 1 is 1.23 bits per heavy atom. The number of rotatable bonds is 3. The lowest BCUT2D eigenvalue weighted by molar-refractivity contribution is 0.0595. The van der Waals surface area contributed by atoms with Crippen LogP contribution in [0.5, 0.6) is 0 Å². The molecule has 1 aliphatic heterocycles. The Labute approximate surface area is 130 Å². The molecule has 0 N–H and O–H groups in total. The van der Waals surface area contributed by atoms with Gasteiger partial charge in [0.2, 0.25) is 0 Å². The lowest BCUT2D eigenvalue weighted by atomic mass is 10.1. The Hall–Kier alpha value is -2.14. The minimum absolute atomic E-state index is 0.295. The van der Waals surface area contributed by atoms with E-state index in [1.54, 1.807) is 0 Å². The summed E-state index contributed by atoms with van der Waals surface area (Å²) in [5.74, 6) is -0.295. The van der Waals surface area contributed by atoms with E-state index in [0.717, 1.165) is 37.6 Å². The van der Waals surface area contributed by atoms with Crippen LogP contribution in [0.25, 0.3) is 0 Å². The van der Waals surface area contributed by atoms with Crippen LogP contribution < -0.4 is 0 Å². The highest BCUT2D eigenvalue weighted by molar-refractivity contribution is 5.91. The number of hydrogen-bond donors (Lipinski definition) is 0. The number of carbonyl (C=O) groups is 1. The van der Waals surface area contributed by atoms with Gasteiger partial charge in [0.05, 0.1) is 25.0 Å². The van der Waals surface area contributed by atoms with Crippen molar-refractivity contribution in [2.24, 2.45) is 0 Å². The zero-order valence-corrected chi connectivity index (χ0v) is 13.3. The molecule has 0 aliphatic carbocycles. The fraction of sp³-hybridized carbons (Fsp3) is 0.412. The second kappa shape index (κ2) is 5.93. The lowest BCUT2D eigenvalue weighted by Gasteiger charge is -2.28. The highest BCUT2D eigenvalue weighted by atomic mass is 16.5. The molecule has 5 heteroatoms. The maximum atomic E-state index is 12.0. The fourth-order valence-electron chi connectivity index (χ4n) is 2.96. The molecule has 0 amide bonds. The first-order chi connectivity index (χ1) is 10.6. The van der Waals surface area contributed by atoms with Crippen LogP contribution in [0.1, 0.15) is 32.9 Å². The molecule has 0 unspecified atom stereocenters. The normalized spacial score (nSPS) is 14.7. The van der Waals surface area contributed by atoms with Crippen molar-refractivity contribution < 1.29 is 9.53 Å². The minimum atomic E-state index is -0.295. The van der Waals surface area contributed by atoms with E-state index >= 15 is 0 Å². The maximum Gasteiger partial charge on any atom is 0.341 e. The smallest absolute Gasteiger partial charge is 0.341 e. The third-order valence-corrected chi connectivity index (χ3v) is 4.15. The molecule has 3 rings (SSSR count). The van der Waals surface area contributed by atoms with Crippen LogP contribution in [0, 0.1) is 13.8 Å². The monoisotopic (exact) mass is 299 g/mol. The van der Waals surface area contributed by atoms with Gasteiger partial charge in [-0.2, -0.15) is 5.10 Å². The highest BCUT2D eigenvalue weighted by Crippen LogP contribution is 2.22. The van der Waals surface area contributed by atoms with Crippen LogP contribution in [-0.2, 0) is 24.4 Å². The van der Waals surface area contributed by atoms with Crippen LogP contribution >= 0.6 is 0 Å². The molecule has 0 spiro atoms. The number of ether oxygens (including phenoxy) is 1. The molecule has 0 fully saturated rings. The number of nitrogens with zero attached hydrogens (tertiary/aromatic N) is 3. The molecule has 2 aromatic rings. The van der Waals surface area contributed by atoms with Gasteiger partial charge < -0.3 is 4.74 Å². The standard InChI is InChI=1S/C17H21N3O2/c1-12-4-6-14(7-5-12)10-19-8-9-20-15(11-19)16(13(2)18-20)17(21)22-3/h4-7H,8-11H2,1-3H3. The molecule has 0 radical (unpaired) electrons. The summed E-state index contributed by atoms with van der Waals surface area (Å²) in [6.07, 6.45) is 0. The number of benzene rings is 1. The van der Waals surface area contributed by atoms with E-state index in [2.05, 4.69) is 41.2 Å². The Bertz CT molecular complexity index is 689. The van der Waals surface area contributed by atoms with Gasteiger partial charge in [0.15, 0.2) is 0 Å². The van der Waals surface area contributed by atoms with Crippen molar-refractivity contribution in [3.05, 3.63) is 52.3 Å². The fourth-order valence-corrected chi connectivity index (χ4v) is 2.96. The lowest BCUT2D eigenvalue weighted by Crippen LogP contribution is -2.34. The van der Waals surface area contributed by atoms with Crippen LogP contribution in [0.2, 0.25) is 0 Å². The molecule has 1 aromatic carbocycles. The van der Waals surface area contributed by atoms with Gasteiger partial charge in [-0.25, -0.2) is 4.79 Å². The number of fused-ring (bicyclic) bond motifs is 1. The van der Waals surface area contributed by atoms with E-state index in [1.807, 2.05) is 11.6 Å². The number of methoxy groups -OCH3 is 1. The van der Waals surface area contributed by atoms with Crippen molar-refractivity contribution in [3.8, 4) is 0 Å². The quantitative estimate of drug-likeness (QED) is 0.816. The summed E-state index contributed by atoms with van der Waals surface area (Å²) in [6, 6.07) is 8.59. The first-order valence-electron chi connectivity index (χ1n) is 7.51. The van der Waals surface area contributed by atoms with Crippen LogP contribution in [-0.4, -0.2) is 34.3 Å². The second-order valence-corrected chi connectivity index (χ2v) is 5.82. The first-order valence-corrected chi connectivity index (χ1v) is 7.51. The van der Waals surface area contributed by atoms with Gasteiger partial charge in [-0.3, -0.25) is 9.58 Å². The van der Waals surface area contributed by atoms with E-state index in [9.17, 15) is 4.79 Å². The molecule has 22 heavy (non-hydrogen) atoms. The minimum Gasteiger partial charge on any atom is -0.465 e. The molecule has 2 heterocycles. The van der Waals surface area contributed by atoms with Crippen molar-refractivity contribution >= 4 is 5.97 Å². The molecule has 116 valence electrons. The third kappa shape index (κ3) is 2.76. The Balaban J connectivity index is 1.81. The van der Waals surface area contributed by atoms with E-state index in [1.165, 1.54) is 18.2 Å². The maximum absolute atomic E-state index is 12.0. The number of carbonyl (C=O) groups excluding carboxylic acids is 1. The molecule has 0 atom stereocenters. The molecule has 1 aliphatic rings. The number of aromatic nitrogens is 2. The number of hydrogen-bond acceptors (Lipinski definition) is 4. The predicted molar refractivity (Wildman–Crippen MR) is 83.6 cm³/mol. The summed E-state index contributed by atoms with van der Waals surface area (Å²) in [4.78, 5) is 14.3. The summed E-state index contributed by atoms with van der Waals surface area (Å²) in [5.41, 5.74) is 4.89. The van der Waals surface area contributed by atoms with Crippen molar-refractivity contribution in [2.45, 2.75) is 33.5 Å². The second-order valence-electron chi connectivity index (χ2n) is 5.82. The summed E-state index contributed by atoms with van der Waals surface area (Å²) >= 11 is 0. The Morgan fingerprint density at radius 2 is 1.95 bits per heavy atom. The summed E-state index contributed by atoms with van der Waals surface area (Å²) in [5, 5.41) is 4.46. The molecular weight excluding hydrogens is 278 g/mol. The number of aryl methyl sites for hydroxylation is 2. The van der Waals surface area contributed by atoms with E-state index in [0.29, 0.717) is 5.56 Å². The Kier molecular flexibility index (Phi) is 3.98. The summed E-state index contributed by atoms with van der Waals surface area (Å²) in [6.45, 7) is 7.29. The van der Waals surface area contributed by atoms with E-state index in [-0.39, 0.29) is 5.97 Å². The zero-order chi connectivity index (χ0) is 15.7. The van der Waals surface area contributed by atoms with E-state index < -0.39 is 0 Å². The van der Waals surface area contributed by atoms with Gasteiger partial charge >= 0.3 is 5.97 Å². The first kappa shape index (κ1) is 14.8. The van der Waals surface area contributed by atoms with Gasteiger partial charge in [-0.1, -0.05) is 29.8 Å². The largest absolute Gasteiger partial charge is 0.465 e. The van der Waals surface area contributed by atoms with Gasteiger partial charge in [-0.05, 0) is 19.4 Å². The van der Waals surface area contributed by atoms with Gasteiger partial charge in [-0.15, -0.1) is 0 Å². The molecule has 0 saturated carbocycles. The van der Waals surface area contributed by atoms with Crippen molar-refractivity contribution in [1.29, 1.82) is 0 Å². The molecular formula is C17H21N3O2. The van der Waals surface area contributed by atoms with Gasteiger partial charge in [0, 0.05) is 19.6 Å². The van der Waals surface area contributed by atoms with Crippen molar-refractivity contribution in [1.82, 2.24) is 14.7 Å². The summed E-state index contributed by atoms with van der Waals surface area (Å²) in [7, 11) is 1.42. The average Bonchev–Trinajstić information content (AvgIpc) is 2.84. The topological polar surface area (TPSA) is 47.4 Å². The van der Waals surface area contributed by atoms with Crippen LogP contribution in [0.15, 0.2) is 24.3 Å². The van der Waals surface area contributed by atoms with Crippen LogP contribution in [0.3, 0.4) is 0 Å². The van der Waals surface area contributed by atoms with Gasteiger partial charge in [0.1, 0.15) is 5.56 Å². The molecule has 5 nitrogen and oxygen atoms in total. The third-order valence-electron chi connectivity index (χ3n) is 4.15. The Morgan fingerprint density at radius 3 is 2.64 bits per heavy atom. The molecule has 0 bridgehead atoms. The number of esters is 1. The van der Waals surface area contributed by atoms with Crippen molar-refractivity contribution in [2.75, 3.05) is 13.7 Å².